The van der Waals surface area contributed by atoms with Crippen LogP contribution in [0.2, 0.25) is 0 Å². The average Bonchev–Trinajstić information content (AvgIpc) is 2.89. The molecule has 4 nitrogen and oxygen atoms in total. The van der Waals surface area contributed by atoms with Gasteiger partial charge in [0.05, 0.1) is 12.0 Å². The molecule has 2 aromatic rings. The molecular weight excluding hydrogens is 260 g/mol. The van der Waals surface area contributed by atoms with Gasteiger partial charge in [0.25, 0.3) is 5.84 Å². The third-order valence-corrected chi connectivity index (χ3v) is 3.46. The Labute approximate surface area is 115 Å². The van der Waals surface area contributed by atoms with Crippen molar-refractivity contribution in [3.63, 3.8) is 0 Å². The number of carbonyl (C=O) groups excluding carboxylic acids is 1. The fourth-order valence-electron chi connectivity index (χ4n) is 1.61. The van der Waals surface area contributed by atoms with Crippen LogP contribution >= 0.6 is 11.3 Å². The minimum atomic E-state index is -0.438. The smallest absolute Gasteiger partial charge is 0.288 e. The lowest BCUT2D eigenvalue weighted by atomic mass is 10.1. The summed E-state index contributed by atoms with van der Waals surface area (Å²) in [5.74, 6) is -0.0309. The molecule has 1 aromatic heterocycles. The van der Waals surface area contributed by atoms with E-state index in [1.807, 2.05) is 36.6 Å². The van der Waals surface area contributed by atoms with Crippen LogP contribution in [0.4, 0.5) is 0 Å². The van der Waals surface area contributed by atoms with Crippen molar-refractivity contribution in [2.75, 3.05) is 0 Å². The molecule has 19 heavy (non-hydrogen) atoms. The SMILES string of the molecule is Cc1ccccc1C(=O)O[NH+]=C(N)Cc1cccs1. The van der Waals surface area contributed by atoms with Crippen LogP contribution in [0.15, 0.2) is 41.8 Å². The summed E-state index contributed by atoms with van der Waals surface area (Å²) in [6.45, 7) is 1.86. The number of nitrogens with one attached hydrogen (secondary N) is 1. The standard InChI is InChI=1S/C14H14N2O2S/c1-10-5-2-3-7-12(10)14(17)18-16-13(15)9-11-6-4-8-19-11/h2-8H,9H2,1H3,(H2,15,16)/p+1. The molecule has 5 heteroatoms. The summed E-state index contributed by atoms with van der Waals surface area (Å²) >= 11 is 1.60. The molecule has 0 radical (unpaired) electrons. The number of carbonyl (C=O) groups is 1. The molecule has 0 aliphatic carbocycles. The van der Waals surface area contributed by atoms with Crippen LogP contribution in [0, 0.1) is 6.92 Å². The molecule has 3 N–H and O–H groups in total. The van der Waals surface area contributed by atoms with Crippen LogP contribution < -0.4 is 10.9 Å². The lowest BCUT2D eigenvalue weighted by Crippen LogP contribution is -2.75. The second-order valence-corrected chi connectivity index (χ2v) is 5.12. The second-order valence-electron chi connectivity index (χ2n) is 4.09. The maximum atomic E-state index is 11.8. The Morgan fingerprint density at radius 3 is 2.79 bits per heavy atom. The molecule has 0 aliphatic heterocycles. The first-order valence-corrected chi connectivity index (χ1v) is 6.71. The Morgan fingerprint density at radius 1 is 1.32 bits per heavy atom. The molecule has 0 saturated carbocycles. The van der Waals surface area contributed by atoms with Crippen molar-refractivity contribution in [3.8, 4) is 0 Å². The van der Waals surface area contributed by atoms with E-state index in [4.69, 9.17) is 10.6 Å². The second kappa shape index (κ2) is 6.15. The van der Waals surface area contributed by atoms with Gasteiger partial charge in [-0.05, 0) is 30.0 Å². The zero-order chi connectivity index (χ0) is 13.7. The average molecular weight is 275 g/mol. The molecule has 0 fully saturated rings. The van der Waals surface area contributed by atoms with Gasteiger partial charge >= 0.3 is 5.97 Å². The molecule has 1 aromatic carbocycles. The maximum absolute atomic E-state index is 11.8. The van der Waals surface area contributed by atoms with E-state index in [1.165, 1.54) is 0 Å². The van der Waals surface area contributed by atoms with Gasteiger partial charge in [0.1, 0.15) is 0 Å². The normalized spacial score (nSPS) is 11.3. The topological polar surface area (TPSA) is 66.3 Å². The lowest BCUT2D eigenvalue weighted by Gasteiger charge is -2.00. The van der Waals surface area contributed by atoms with Gasteiger partial charge in [-0.15, -0.1) is 11.3 Å². The number of amidine groups is 1. The summed E-state index contributed by atoms with van der Waals surface area (Å²) in [5, 5.41) is 4.47. The Bertz CT molecular complexity index is 591. The highest BCUT2D eigenvalue weighted by molar-refractivity contribution is 7.10. The fraction of sp³-hybridized carbons (Fsp3) is 0.143. The van der Waals surface area contributed by atoms with E-state index < -0.39 is 5.97 Å². The first kappa shape index (κ1) is 13.3. The molecule has 0 aliphatic rings. The summed E-state index contributed by atoms with van der Waals surface area (Å²) < 4.78 is 0. The Morgan fingerprint density at radius 2 is 2.11 bits per heavy atom. The number of thiophene rings is 1. The van der Waals surface area contributed by atoms with Crippen LogP contribution in [0.5, 0.6) is 0 Å². The highest BCUT2D eigenvalue weighted by atomic mass is 32.1. The van der Waals surface area contributed by atoms with Crippen molar-refractivity contribution in [3.05, 3.63) is 57.8 Å². The summed E-state index contributed by atoms with van der Waals surface area (Å²) in [6, 6.07) is 11.2. The van der Waals surface area contributed by atoms with Gasteiger partial charge in [-0.1, -0.05) is 29.4 Å². The van der Waals surface area contributed by atoms with E-state index in [1.54, 1.807) is 23.5 Å². The Balaban J connectivity index is 1.98. The lowest BCUT2D eigenvalue weighted by molar-refractivity contribution is -0.722. The molecule has 98 valence electrons. The number of hydrogen-bond acceptors (Lipinski definition) is 3. The molecule has 0 spiro atoms. The summed E-state index contributed by atoms with van der Waals surface area (Å²) in [5.41, 5.74) is 7.16. The van der Waals surface area contributed by atoms with Gasteiger partial charge in [0.15, 0.2) is 0 Å². The predicted octanol–water partition coefficient (Wildman–Crippen LogP) is 0.809. The molecule has 2 rings (SSSR count). The van der Waals surface area contributed by atoms with Gasteiger partial charge in [0, 0.05) is 4.88 Å². The highest BCUT2D eigenvalue weighted by Gasteiger charge is 2.12. The molecule has 1 heterocycles. The number of hydrogen-bond donors (Lipinski definition) is 2. The highest BCUT2D eigenvalue weighted by Crippen LogP contribution is 2.08. The molecule has 0 atom stereocenters. The number of nitrogens with two attached hydrogens (primary N) is 1. The van der Waals surface area contributed by atoms with E-state index >= 15 is 0 Å². The van der Waals surface area contributed by atoms with Crippen LogP contribution in [0.3, 0.4) is 0 Å². The first-order chi connectivity index (χ1) is 9.16. The summed E-state index contributed by atoms with van der Waals surface area (Å²) in [6.07, 6.45) is 0.540. The summed E-state index contributed by atoms with van der Waals surface area (Å²) in [4.78, 5) is 17.9. The van der Waals surface area contributed by atoms with Crippen molar-refractivity contribution in [1.29, 1.82) is 0 Å². The van der Waals surface area contributed by atoms with E-state index in [0.29, 0.717) is 17.8 Å². The van der Waals surface area contributed by atoms with Crippen molar-refractivity contribution >= 4 is 23.1 Å². The van der Waals surface area contributed by atoms with Gasteiger partial charge in [-0.3, -0.25) is 10.6 Å². The maximum Gasteiger partial charge on any atom is 0.388 e. The fourth-order valence-corrected chi connectivity index (χ4v) is 2.33. The van der Waals surface area contributed by atoms with Crippen LogP contribution in [0.25, 0.3) is 0 Å². The third kappa shape index (κ3) is 3.66. The molecule has 0 saturated heterocycles. The zero-order valence-corrected chi connectivity index (χ0v) is 11.4. The van der Waals surface area contributed by atoms with E-state index in [0.717, 1.165) is 10.4 Å². The van der Waals surface area contributed by atoms with Crippen LogP contribution in [-0.2, 0) is 11.3 Å². The van der Waals surface area contributed by atoms with Gasteiger partial charge in [0.2, 0.25) is 0 Å². The minimum Gasteiger partial charge on any atom is -0.288 e. The zero-order valence-electron chi connectivity index (χ0n) is 10.6. The predicted molar refractivity (Wildman–Crippen MR) is 74.8 cm³/mol. The molecular formula is C14H15N2O2S+. The van der Waals surface area contributed by atoms with Crippen molar-refractivity contribution in [2.45, 2.75) is 13.3 Å². The monoisotopic (exact) mass is 275 g/mol. The van der Waals surface area contributed by atoms with Crippen LogP contribution in [-0.4, -0.2) is 11.8 Å². The van der Waals surface area contributed by atoms with Crippen molar-refractivity contribution < 1.29 is 14.8 Å². The first-order valence-electron chi connectivity index (χ1n) is 5.83. The van der Waals surface area contributed by atoms with E-state index in [-0.39, 0.29) is 0 Å². The molecule has 0 unspecified atom stereocenters. The van der Waals surface area contributed by atoms with Gasteiger partial charge < -0.3 is 0 Å². The summed E-state index contributed by atoms with van der Waals surface area (Å²) in [7, 11) is 0. The third-order valence-electron chi connectivity index (χ3n) is 2.58. The van der Waals surface area contributed by atoms with Gasteiger partial charge in [-0.2, -0.15) is 0 Å². The number of rotatable bonds is 4. The molecule has 0 amide bonds. The number of benzene rings is 1. The van der Waals surface area contributed by atoms with Gasteiger partial charge in [-0.25, -0.2) is 4.79 Å². The quantitative estimate of drug-likeness (QED) is 0.375. The van der Waals surface area contributed by atoms with E-state index in [9.17, 15) is 4.79 Å². The van der Waals surface area contributed by atoms with E-state index in [2.05, 4.69) is 5.16 Å². The van der Waals surface area contributed by atoms with Crippen molar-refractivity contribution in [2.24, 2.45) is 5.73 Å². The Hall–Kier alpha value is -2.14. The minimum absolute atomic E-state index is 0.407. The largest absolute Gasteiger partial charge is 0.388 e. The number of aryl methyl sites for hydroxylation is 1. The van der Waals surface area contributed by atoms with Crippen LogP contribution in [0.1, 0.15) is 20.8 Å². The Kier molecular flexibility index (Phi) is 4.30. The van der Waals surface area contributed by atoms with Crippen molar-refractivity contribution in [1.82, 2.24) is 0 Å². The molecule has 0 bridgehead atoms.